The SMILES string of the molecule is Cc1cccc(C(=O)N[C@H](C(=O)O)c2ccccc2)c1O. The van der Waals surface area contributed by atoms with Crippen LogP contribution in [0.2, 0.25) is 0 Å². The number of nitrogens with one attached hydrogen (secondary N) is 1. The van der Waals surface area contributed by atoms with Gasteiger partial charge in [-0.25, -0.2) is 4.79 Å². The van der Waals surface area contributed by atoms with E-state index in [1.54, 1.807) is 49.4 Å². The van der Waals surface area contributed by atoms with E-state index in [1.165, 1.54) is 6.07 Å². The predicted molar refractivity (Wildman–Crippen MR) is 77.1 cm³/mol. The lowest BCUT2D eigenvalue weighted by molar-refractivity contribution is -0.139. The summed E-state index contributed by atoms with van der Waals surface area (Å²) in [4.78, 5) is 23.5. The summed E-state index contributed by atoms with van der Waals surface area (Å²) in [6.45, 7) is 1.66. The van der Waals surface area contributed by atoms with E-state index in [0.717, 1.165) is 0 Å². The molecule has 0 spiro atoms. The summed E-state index contributed by atoms with van der Waals surface area (Å²) >= 11 is 0. The Morgan fingerprint density at radius 2 is 1.71 bits per heavy atom. The van der Waals surface area contributed by atoms with E-state index >= 15 is 0 Å². The van der Waals surface area contributed by atoms with Gasteiger partial charge in [0.2, 0.25) is 0 Å². The highest BCUT2D eigenvalue weighted by Gasteiger charge is 2.23. The van der Waals surface area contributed by atoms with Crippen LogP contribution in [-0.4, -0.2) is 22.1 Å². The molecule has 0 saturated carbocycles. The second-order valence-electron chi connectivity index (χ2n) is 4.63. The molecule has 0 radical (unpaired) electrons. The second-order valence-corrected chi connectivity index (χ2v) is 4.63. The smallest absolute Gasteiger partial charge is 0.330 e. The molecule has 5 heteroatoms. The van der Waals surface area contributed by atoms with E-state index in [2.05, 4.69) is 5.32 Å². The van der Waals surface area contributed by atoms with Gasteiger partial charge in [-0.05, 0) is 24.1 Å². The predicted octanol–water partition coefficient (Wildman–Crippen LogP) is 2.26. The van der Waals surface area contributed by atoms with Crippen molar-refractivity contribution in [2.75, 3.05) is 0 Å². The van der Waals surface area contributed by atoms with Gasteiger partial charge in [-0.15, -0.1) is 0 Å². The first kappa shape index (κ1) is 14.6. The number of carboxylic acid groups (broad SMARTS) is 1. The van der Waals surface area contributed by atoms with Crippen LogP contribution in [0.4, 0.5) is 0 Å². The molecule has 0 aliphatic heterocycles. The molecule has 2 aromatic carbocycles. The van der Waals surface area contributed by atoms with Gasteiger partial charge in [0, 0.05) is 0 Å². The third kappa shape index (κ3) is 3.20. The number of carbonyl (C=O) groups is 2. The van der Waals surface area contributed by atoms with Gasteiger partial charge in [0.1, 0.15) is 5.75 Å². The summed E-state index contributed by atoms with van der Waals surface area (Å²) in [6.07, 6.45) is 0. The lowest BCUT2D eigenvalue weighted by Crippen LogP contribution is -2.33. The minimum atomic E-state index is -1.17. The molecule has 5 nitrogen and oxygen atoms in total. The molecule has 0 saturated heterocycles. The molecule has 0 fully saturated rings. The van der Waals surface area contributed by atoms with Crippen LogP contribution in [0.3, 0.4) is 0 Å². The van der Waals surface area contributed by atoms with E-state index in [0.29, 0.717) is 11.1 Å². The number of carbonyl (C=O) groups excluding carboxylic acids is 1. The van der Waals surface area contributed by atoms with Gasteiger partial charge in [0.05, 0.1) is 5.56 Å². The number of hydrogen-bond acceptors (Lipinski definition) is 3. The minimum Gasteiger partial charge on any atom is -0.507 e. The van der Waals surface area contributed by atoms with Crippen molar-refractivity contribution in [2.24, 2.45) is 0 Å². The summed E-state index contributed by atoms with van der Waals surface area (Å²) in [6, 6.07) is 12.0. The minimum absolute atomic E-state index is 0.0529. The lowest BCUT2D eigenvalue weighted by Gasteiger charge is -2.15. The van der Waals surface area contributed by atoms with Gasteiger partial charge in [-0.3, -0.25) is 4.79 Å². The van der Waals surface area contributed by atoms with Crippen LogP contribution in [0.15, 0.2) is 48.5 Å². The zero-order valence-corrected chi connectivity index (χ0v) is 11.4. The van der Waals surface area contributed by atoms with Crippen LogP contribution >= 0.6 is 0 Å². The lowest BCUT2D eigenvalue weighted by atomic mass is 10.1. The van der Waals surface area contributed by atoms with Crippen molar-refractivity contribution in [3.05, 3.63) is 65.2 Å². The fourth-order valence-corrected chi connectivity index (χ4v) is 1.98. The molecule has 0 unspecified atom stereocenters. The van der Waals surface area contributed by atoms with Gasteiger partial charge in [0.15, 0.2) is 6.04 Å². The van der Waals surface area contributed by atoms with Crippen LogP contribution in [0.1, 0.15) is 27.5 Å². The van der Waals surface area contributed by atoms with E-state index in [1.807, 2.05) is 0 Å². The third-order valence-electron chi connectivity index (χ3n) is 3.14. The monoisotopic (exact) mass is 285 g/mol. The molecule has 0 aliphatic carbocycles. The highest BCUT2D eigenvalue weighted by molar-refractivity contribution is 5.99. The number of carboxylic acids is 1. The first-order valence-corrected chi connectivity index (χ1v) is 6.38. The zero-order chi connectivity index (χ0) is 15.4. The maximum absolute atomic E-state index is 12.2. The van der Waals surface area contributed by atoms with Crippen LogP contribution in [0, 0.1) is 6.92 Å². The third-order valence-corrected chi connectivity index (χ3v) is 3.14. The number of phenolic OH excluding ortho intramolecular Hbond substituents is 1. The van der Waals surface area contributed by atoms with Crippen molar-refractivity contribution in [2.45, 2.75) is 13.0 Å². The molecular formula is C16H15NO4. The Balaban J connectivity index is 2.28. The van der Waals surface area contributed by atoms with E-state index in [-0.39, 0.29) is 11.3 Å². The van der Waals surface area contributed by atoms with Crippen molar-refractivity contribution >= 4 is 11.9 Å². The second kappa shape index (κ2) is 6.09. The average molecular weight is 285 g/mol. The Kier molecular flexibility index (Phi) is 4.23. The van der Waals surface area contributed by atoms with Crippen LogP contribution < -0.4 is 5.32 Å². The molecule has 1 atom stereocenters. The summed E-state index contributed by atoms with van der Waals surface area (Å²) < 4.78 is 0. The number of aliphatic carboxylic acids is 1. The molecule has 0 aromatic heterocycles. The maximum atomic E-state index is 12.2. The molecule has 21 heavy (non-hydrogen) atoms. The summed E-state index contributed by atoms with van der Waals surface area (Å²) in [5, 5.41) is 21.6. The highest BCUT2D eigenvalue weighted by atomic mass is 16.4. The number of rotatable bonds is 4. The number of aryl methyl sites for hydroxylation is 1. The molecule has 1 amide bonds. The fraction of sp³-hybridized carbons (Fsp3) is 0.125. The Bertz CT molecular complexity index is 667. The summed E-state index contributed by atoms with van der Waals surface area (Å²) in [5.74, 6) is -1.94. The molecule has 108 valence electrons. The molecule has 0 bridgehead atoms. The molecule has 0 aliphatic rings. The first-order valence-electron chi connectivity index (χ1n) is 6.38. The number of aromatic hydroxyl groups is 1. The maximum Gasteiger partial charge on any atom is 0.330 e. The molecule has 0 heterocycles. The van der Waals surface area contributed by atoms with E-state index < -0.39 is 17.9 Å². The van der Waals surface area contributed by atoms with Gasteiger partial charge in [-0.1, -0.05) is 42.5 Å². The molecular weight excluding hydrogens is 270 g/mol. The first-order chi connectivity index (χ1) is 10.0. The standard InChI is InChI=1S/C16H15NO4/c1-10-6-5-9-12(14(10)18)15(19)17-13(16(20)21)11-7-3-2-4-8-11/h2-9,13,18H,1H3,(H,17,19)(H,20,21)/t13-/m0/s1. The number of hydrogen-bond donors (Lipinski definition) is 3. The number of para-hydroxylation sites is 1. The van der Waals surface area contributed by atoms with Gasteiger partial charge in [0.25, 0.3) is 5.91 Å². The van der Waals surface area contributed by atoms with Crippen molar-refractivity contribution in [1.29, 1.82) is 0 Å². The van der Waals surface area contributed by atoms with Crippen molar-refractivity contribution in [3.63, 3.8) is 0 Å². The Labute approximate surface area is 121 Å². The normalized spacial score (nSPS) is 11.7. The van der Waals surface area contributed by atoms with Gasteiger partial charge in [-0.2, -0.15) is 0 Å². The van der Waals surface area contributed by atoms with Crippen LogP contribution in [0.5, 0.6) is 5.75 Å². The largest absolute Gasteiger partial charge is 0.507 e. The van der Waals surface area contributed by atoms with Crippen molar-refractivity contribution < 1.29 is 19.8 Å². The summed E-state index contributed by atoms with van der Waals surface area (Å²) in [5.41, 5.74) is 1.07. The fourth-order valence-electron chi connectivity index (χ4n) is 1.98. The average Bonchev–Trinajstić information content (AvgIpc) is 2.48. The molecule has 2 aromatic rings. The quantitative estimate of drug-likeness (QED) is 0.804. The Hall–Kier alpha value is -2.82. The van der Waals surface area contributed by atoms with Gasteiger partial charge >= 0.3 is 5.97 Å². The molecule has 3 N–H and O–H groups in total. The van der Waals surface area contributed by atoms with E-state index in [4.69, 9.17) is 0 Å². The zero-order valence-electron chi connectivity index (χ0n) is 11.4. The molecule has 2 rings (SSSR count). The highest BCUT2D eigenvalue weighted by Crippen LogP contribution is 2.22. The Morgan fingerprint density at radius 3 is 2.33 bits per heavy atom. The number of benzene rings is 2. The van der Waals surface area contributed by atoms with Crippen LogP contribution in [0.25, 0.3) is 0 Å². The number of amides is 1. The van der Waals surface area contributed by atoms with Crippen molar-refractivity contribution in [1.82, 2.24) is 5.32 Å². The van der Waals surface area contributed by atoms with E-state index in [9.17, 15) is 19.8 Å². The van der Waals surface area contributed by atoms with Crippen molar-refractivity contribution in [3.8, 4) is 5.75 Å². The topological polar surface area (TPSA) is 86.6 Å². The Morgan fingerprint density at radius 1 is 1.05 bits per heavy atom. The van der Waals surface area contributed by atoms with Crippen LogP contribution in [-0.2, 0) is 4.79 Å². The summed E-state index contributed by atoms with van der Waals surface area (Å²) in [7, 11) is 0. The van der Waals surface area contributed by atoms with Gasteiger partial charge < -0.3 is 15.5 Å². The number of phenols is 1.